The molecule has 31 heavy (non-hydrogen) atoms. The minimum Gasteiger partial charge on any atom is -0.495 e. The van der Waals surface area contributed by atoms with Crippen molar-refractivity contribution in [1.29, 1.82) is 0 Å². The second kappa shape index (κ2) is 10.5. The molecule has 1 aromatic heterocycles. The summed E-state index contributed by atoms with van der Waals surface area (Å²) in [6, 6.07) is 12.9. The van der Waals surface area contributed by atoms with Gasteiger partial charge in [0.2, 0.25) is 5.91 Å². The van der Waals surface area contributed by atoms with Crippen LogP contribution in [0, 0.1) is 6.92 Å². The number of thioether (sulfide) groups is 1. The van der Waals surface area contributed by atoms with Crippen LogP contribution in [0.15, 0.2) is 47.6 Å². The molecule has 0 spiro atoms. The Morgan fingerprint density at radius 1 is 1.23 bits per heavy atom. The Morgan fingerprint density at radius 3 is 2.71 bits per heavy atom. The highest BCUT2D eigenvalue weighted by Gasteiger charge is 2.20. The van der Waals surface area contributed by atoms with Gasteiger partial charge in [0, 0.05) is 6.54 Å². The fourth-order valence-corrected chi connectivity index (χ4v) is 4.01. The minimum atomic E-state index is -0.355. The van der Waals surface area contributed by atoms with Crippen LogP contribution in [-0.4, -0.2) is 33.5 Å². The number of aryl methyl sites for hydroxylation is 1. The topological polar surface area (TPSA) is 78.3 Å². The molecule has 3 rings (SSSR count). The maximum atomic E-state index is 12.5. The highest BCUT2D eigenvalue weighted by Crippen LogP contribution is 2.30. The molecule has 0 aliphatic rings. The van der Waals surface area contributed by atoms with Crippen molar-refractivity contribution in [1.82, 2.24) is 14.8 Å². The molecule has 0 bridgehead atoms. The van der Waals surface area contributed by atoms with Gasteiger partial charge in [0.15, 0.2) is 17.1 Å². The van der Waals surface area contributed by atoms with E-state index in [4.69, 9.17) is 21.1 Å². The SMILES string of the molecule is CCn1c(SCC(=O)Nc2cc(C)ccc2OC)nnc1[C@H](C)Oc1ccccc1Cl. The largest absolute Gasteiger partial charge is 0.495 e. The molecule has 9 heteroatoms. The van der Waals surface area contributed by atoms with Crippen LogP contribution in [0.3, 0.4) is 0 Å². The number of hydrogen-bond acceptors (Lipinski definition) is 6. The summed E-state index contributed by atoms with van der Waals surface area (Å²) in [5, 5.41) is 12.6. The lowest BCUT2D eigenvalue weighted by molar-refractivity contribution is -0.113. The number of amides is 1. The molecule has 0 aliphatic heterocycles. The van der Waals surface area contributed by atoms with Crippen molar-refractivity contribution < 1.29 is 14.3 Å². The number of para-hydroxylation sites is 1. The van der Waals surface area contributed by atoms with Crippen molar-refractivity contribution in [2.24, 2.45) is 0 Å². The number of carbonyl (C=O) groups excluding carboxylic acids is 1. The zero-order chi connectivity index (χ0) is 22.4. The molecule has 0 saturated heterocycles. The number of rotatable bonds is 9. The Morgan fingerprint density at radius 2 is 2.00 bits per heavy atom. The highest BCUT2D eigenvalue weighted by molar-refractivity contribution is 7.99. The predicted molar refractivity (Wildman–Crippen MR) is 123 cm³/mol. The Kier molecular flexibility index (Phi) is 7.81. The van der Waals surface area contributed by atoms with E-state index in [1.54, 1.807) is 13.2 Å². The summed E-state index contributed by atoms with van der Waals surface area (Å²) < 4.78 is 13.2. The Bertz CT molecular complexity index is 1060. The van der Waals surface area contributed by atoms with Gasteiger partial charge in [-0.3, -0.25) is 4.79 Å². The fourth-order valence-electron chi connectivity index (χ4n) is 3.02. The van der Waals surface area contributed by atoms with Crippen LogP contribution in [0.25, 0.3) is 0 Å². The molecule has 1 N–H and O–H groups in total. The second-order valence-electron chi connectivity index (χ2n) is 6.82. The standard InChI is InChI=1S/C22H25ClN4O3S/c1-5-27-21(15(3)30-18-9-7-6-8-16(18)23)25-26-22(27)31-13-20(28)24-17-12-14(2)10-11-19(17)29-4/h6-12,15H,5,13H2,1-4H3,(H,24,28)/t15-/m0/s1. The molecule has 1 atom stereocenters. The van der Waals surface area contributed by atoms with E-state index in [0.29, 0.717) is 39.7 Å². The second-order valence-corrected chi connectivity index (χ2v) is 8.17. The van der Waals surface area contributed by atoms with Gasteiger partial charge in [-0.25, -0.2) is 0 Å². The molecule has 0 radical (unpaired) electrons. The third-order valence-electron chi connectivity index (χ3n) is 4.53. The number of hydrogen-bond donors (Lipinski definition) is 1. The normalized spacial score (nSPS) is 11.8. The van der Waals surface area contributed by atoms with E-state index < -0.39 is 0 Å². The molecule has 0 saturated carbocycles. The molecule has 1 heterocycles. The molecular formula is C22H25ClN4O3S. The Balaban J connectivity index is 1.66. The van der Waals surface area contributed by atoms with Gasteiger partial charge in [0.05, 0.1) is 23.6 Å². The van der Waals surface area contributed by atoms with Gasteiger partial charge in [-0.05, 0) is 50.6 Å². The van der Waals surface area contributed by atoms with Crippen LogP contribution in [0.4, 0.5) is 5.69 Å². The van der Waals surface area contributed by atoms with Gasteiger partial charge in [0.1, 0.15) is 11.5 Å². The number of aromatic nitrogens is 3. The Labute approximate surface area is 191 Å². The van der Waals surface area contributed by atoms with Crippen molar-refractivity contribution in [3.05, 3.63) is 58.9 Å². The lowest BCUT2D eigenvalue weighted by Crippen LogP contribution is -2.16. The van der Waals surface area contributed by atoms with Crippen molar-refractivity contribution in [3.63, 3.8) is 0 Å². The minimum absolute atomic E-state index is 0.151. The first-order valence-corrected chi connectivity index (χ1v) is 11.2. The van der Waals surface area contributed by atoms with Crippen LogP contribution < -0.4 is 14.8 Å². The van der Waals surface area contributed by atoms with Crippen molar-refractivity contribution in [2.45, 2.75) is 38.6 Å². The van der Waals surface area contributed by atoms with Gasteiger partial charge in [-0.1, -0.05) is 41.6 Å². The number of carbonyl (C=O) groups is 1. The van der Waals surface area contributed by atoms with Gasteiger partial charge in [-0.2, -0.15) is 0 Å². The fraction of sp³-hybridized carbons (Fsp3) is 0.318. The summed E-state index contributed by atoms with van der Waals surface area (Å²) in [6.45, 7) is 6.50. The van der Waals surface area contributed by atoms with Crippen LogP contribution in [0.1, 0.15) is 31.3 Å². The third-order valence-corrected chi connectivity index (χ3v) is 5.81. The van der Waals surface area contributed by atoms with Crippen molar-refractivity contribution >= 4 is 35.0 Å². The van der Waals surface area contributed by atoms with Gasteiger partial charge >= 0.3 is 0 Å². The first-order chi connectivity index (χ1) is 14.9. The van der Waals surface area contributed by atoms with E-state index in [-0.39, 0.29) is 17.8 Å². The smallest absolute Gasteiger partial charge is 0.234 e. The summed E-state index contributed by atoms with van der Waals surface area (Å²) >= 11 is 7.51. The van der Waals surface area contributed by atoms with Crippen LogP contribution in [-0.2, 0) is 11.3 Å². The summed E-state index contributed by atoms with van der Waals surface area (Å²) in [5.74, 6) is 1.92. The van der Waals surface area contributed by atoms with E-state index >= 15 is 0 Å². The molecule has 0 unspecified atom stereocenters. The van der Waals surface area contributed by atoms with Crippen LogP contribution in [0.5, 0.6) is 11.5 Å². The number of nitrogens with zero attached hydrogens (tertiary/aromatic N) is 3. The molecule has 1 amide bonds. The number of methoxy groups -OCH3 is 1. The van der Waals surface area contributed by atoms with Gasteiger partial charge in [0.25, 0.3) is 0 Å². The molecular weight excluding hydrogens is 436 g/mol. The first kappa shape index (κ1) is 23.0. The Hall–Kier alpha value is -2.71. The molecule has 0 fully saturated rings. The number of benzene rings is 2. The first-order valence-electron chi connectivity index (χ1n) is 9.84. The van der Waals surface area contributed by atoms with E-state index in [1.807, 2.05) is 61.7 Å². The van der Waals surface area contributed by atoms with Gasteiger partial charge in [-0.15, -0.1) is 10.2 Å². The molecule has 164 valence electrons. The van der Waals surface area contributed by atoms with Crippen LogP contribution in [0.2, 0.25) is 5.02 Å². The van der Waals surface area contributed by atoms with E-state index in [0.717, 1.165) is 5.56 Å². The summed E-state index contributed by atoms with van der Waals surface area (Å²) in [7, 11) is 1.58. The summed E-state index contributed by atoms with van der Waals surface area (Å²) in [5.41, 5.74) is 1.68. The molecule has 2 aromatic carbocycles. The van der Waals surface area contributed by atoms with E-state index in [1.165, 1.54) is 11.8 Å². The lowest BCUT2D eigenvalue weighted by Gasteiger charge is -2.16. The highest BCUT2D eigenvalue weighted by atomic mass is 35.5. The summed E-state index contributed by atoms with van der Waals surface area (Å²) in [6.07, 6.45) is -0.355. The monoisotopic (exact) mass is 460 g/mol. The number of nitrogens with one attached hydrogen (secondary N) is 1. The zero-order valence-electron chi connectivity index (χ0n) is 17.9. The number of halogens is 1. The zero-order valence-corrected chi connectivity index (χ0v) is 19.5. The lowest BCUT2D eigenvalue weighted by atomic mass is 10.2. The molecule has 0 aliphatic carbocycles. The number of anilines is 1. The van der Waals surface area contributed by atoms with E-state index in [2.05, 4.69) is 15.5 Å². The third kappa shape index (κ3) is 5.71. The predicted octanol–water partition coefficient (Wildman–Crippen LogP) is 5.14. The van der Waals surface area contributed by atoms with Crippen LogP contribution >= 0.6 is 23.4 Å². The maximum Gasteiger partial charge on any atom is 0.234 e. The quantitative estimate of drug-likeness (QED) is 0.445. The average Bonchev–Trinajstić information content (AvgIpc) is 3.17. The van der Waals surface area contributed by atoms with Crippen molar-refractivity contribution in [2.75, 3.05) is 18.2 Å². The average molecular weight is 461 g/mol. The molecule has 7 nitrogen and oxygen atoms in total. The summed E-state index contributed by atoms with van der Waals surface area (Å²) in [4.78, 5) is 12.5. The molecule has 3 aromatic rings. The maximum absolute atomic E-state index is 12.5. The van der Waals surface area contributed by atoms with E-state index in [9.17, 15) is 4.79 Å². The number of ether oxygens (including phenoxy) is 2. The van der Waals surface area contributed by atoms with Crippen molar-refractivity contribution in [3.8, 4) is 11.5 Å². The van der Waals surface area contributed by atoms with Gasteiger partial charge < -0.3 is 19.4 Å².